The lowest BCUT2D eigenvalue weighted by Gasteiger charge is -2.15. The van der Waals surface area contributed by atoms with E-state index in [0.717, 1.165) is 12.8 Å². The topological polar surface area (TPSA) is 0 Å². The Kier molecular flexibility index (Phi) is 3.85. The highest BCUT2D eigenvalue weighted by Gasteiger charge is 2.09. The Morgan fingerprint density at radius 2 is 1.15 bits per heavy atom. The van der Waals surface area contributed by atoms with Crippen LogP contribution < -0.4 is 5.30 Å². The van der Waals surface area contributed by atoms with Gasteiger partial charge in [-0.15, -0.1) is 9.24 Å². The summed E-state index contributed by atoms with van der Waals surface area (Å²) in [6.07, 6.45) is 6.79. The van der Waals surface area contributed by atoms with Crippen molar-refractivity contribution in [3.05, 3.63) is 77.4 Å². The first-order valence-electron chi connectivity index (χ1n) is 7.05. The fourth-order valence-corrected chi connectivity index (χ4v) is 2.78. The monoisotopic (exact) mass is 278 g/mol. The summed E-state index contributed by atoms with van der Waals surface area (Å²) < 4.78 is 0. The molecule has 0 N–H and O–H groups in total. The van der Waals surface area contributed by atoms with Gasteiger partial charge in [0.05, 0.1) is 0 Å². The Bertz CT molecular complexity index is 596. The van der Waals surface area contributed by atoms with E-state index >= 15 is 0 Å². The van der Waals surface area contributed by atoms with Gasteiger partial charge in [0.25, 0.3) is 0 Å². The number of allylic oxidation sites excluding steroid dienone is 4. The van der Waals surface area contributed by atoms with Gasteiger partial charge in [0.2, 0.25) is 0 Å². The van der Waals surface area contributed by atoms with E-state index in [1.165, 1.54) is 33.1 Å². The minimum atomic E-state index is 1.12. The lowest BCUT2D eigenvalue weighted by Crippen LogP contribution is -1.95. The molecule has 0 heterocycles. The number of hydrogen-bond donors (Lipinski definition) is 0. The Hall–Kier alpha value is -1.65. The van der Waals surface area contributed by atoms with Crippen molar-refractivity contribution in [3.8, 4) is 0 Å². The maximum Gasteiger partial charge on any atom is -0.0224 e. The first-order valence-corrected chi connectivity index (χ1v) is 7.63. The summed E-state index contributed by atoms with van der Waals surface area (Å²) in [6, 6.07) is 17.5. The number of aryl methyl sites for hydroxylation is 1. The molecule has 1 atom stereocenters. The first kappa shape index (κ1) is 13.3. The molecule has 0 spiro atoms. The van der Waals surface area contributed by atoms with Gasteiger partial charge in [-0.05, 0) is 47.3 Å². The van der Waals surface area contributed by atoms with E-state index in [4.69, 9.17) is 0 Å². The third kappa shape index (κ3) is 2.92. The summed E-state index contributed by atoms with van der Waals surface area (Å²) in [5, 5.41) is 1.24. The lowest BCUT2D eigenvalue weighted by atomic mass is 9.90. The second-order valence-corrected chi connectivity index (χ2v) is 6.04. The van der Waals surface area contributed by atoms with Crippen LogP contribution in [0.15, 0.2) is 60.7 Å². The van der Waals surface area contributed by atoms with E-state index in [2.05, 4.69) is 76.8 Å². The van der Waals surface area contributed by atoms with Gasteiger partial charge in [-0.1, -0.05) is 66.2 Å². The molecule has 0 saturated heterocycles. The molecule has 1 unspecified atom stereocenters. The van der Waals surface area contributed by atoms with Crippen LogP contribution in [0.5, 0.6) is 0 Å². The van der Waals surface area contributed by atoms with Crippen LogP contribution in [0.25, 0.3) is 11.1 Å². The molecule has 2 aromatic rings. The molecule has 0 radical (unpaired) electrons. The molecule has 3 rings (SSSR count). The van der Waals surface area contributed by atoms with E-state index in [9.17, 15) is 0 Å². The standard InChI is InChI=1S/C19H19P/c1-14-2-4-15(5-3-14)16-6-8-17(9-7-16)18-10-12-19(20)13-11-18/h2-6,8,10-13H,7,9,20H2,1H3. The van der Waals surface area contributed by atoms with Gasteiger partial charge in [0.15, 0.2) is 0 Å². The van der Waals surface area contributed by atoms with Crippen LogP contribution in [0.1, 0.15) is 29.5 Å². The minimum absolute atomic E-state index is 1.12. The molecule has 2 aromatic carbocycles. The molecular formula is C19H19P. The molecule has 1 heteroatoms. The maximum absolute atomic E-state index is 2.73. The van der Waals surface area contributed by atoms with Gasteiger partial charge in [-0.3, -0.25) is 0 Å². The third-order valence-corrected chi connectivity index (χ3v) is 4.24. The summed E-state index contributed by atoms with van der Waals surface area (Å²) in [6.45, 7) is 2.13. The summed E-state index contributed by atoms with van der Waals surface area (Å²) in [5.74, 6) is 0. The van der Waals surface area contributed by atoms with Crippen LogP contribution in [-0.2, 0) is 0 Å². The highest BCUT2D eigenvalue weighted by atomic mass is 31.0. The molecule has 0 amide bonds. The molecule has 0 nitrogen and oxygen atoms in total. The summed E-state index contributed by atoms with van der Waals surface area (Å²) in [7, 11) is 2.73. The van der Waals surface area contributed by atoms with Gasteiger partial charge in [-0.25, -0.2) is 0 Å². The molecule has 0 aromatic heterocycles. The Morgan fingerprint density at radius 1 is 0.700 bits per heavy atom. The predicted molar refractivity (Wildman–Crippen MR) is 92.2 cm³/mol. The second kappa shape index (κ2) is 5.77. The van der Waals surface area contributed by atoms with Crippen LogP contribution in [-0.4, -0.2) is 0 Å². The fraction of sp³-hybridized carbons (Fsp3) is 0.158. The summed E-state index contributed by atoms with van der Waals surface area (Å²) in [5.41, 5.74) is 6.89. The SMILES string of the molecule is Cc1ccc(C2=CC=C(c3ccc(P)cc3)CC2)cc1. The predicted octanol–water partition coefficient (Wildman–Crippen LogP) is 4.76. The number of benzene rings is 2. The Morgan fingerprint density at radius 3 is 1.60 bits per heavy atom. The van der Waals surface area contributed by atoms with Crippen LogP contribution >= 0.6 is 9.24 Å². The van der Waals surface area contributed by atoms with E-state index in [1.54, 1.807) is 0 Å². The van der Waals surface area contributed by atoms with Crippen LogP contribution in [0.3, 0.4) is 0 Å². The molecule has 0 aliphatic heterocycles. The first-order chi connectivity index (χ1) is 9.72. The van der Waals surface area contributed by atoms with Crippen LogP contribution in [0.4, 0.5) is 0 Å². The number of hydrogen-bond acceptors (Lipinski definition) is 0. The van der Waals surface area contributed by atoms with Crippen molar-refractivity contribution in [1.82, 2.24) is 0 Å². The zero-order valence-electron chi connectivity index (χ0n) is 11.8. The van der Waals surface area contributed by atoms with Crippen LogP contribution in [0.2, 0.25) is 0 Å². The zero-order chi connectivity index (χ0) is 13.9. The normalized spacial score (nSPS) is 14.7. The molecule has 0 fully saturated rings. The Balaban J connectivity index is 1.85. The van der Waals surface area contributed by atoms with Gasteiger partial charge in [-0.2, -0.15) is 0 Å². The third-order valence-electron chi connectivity index (χ3n) is 3.85. The quantitative estimate of drug-likeness (QED) is 0.695. The van der Waals surface area contributed by atoms with Crippen molar-refractivity contribution in [1.29, 1.82) is 0 Å². The van der Waals surface area contributed by atoms with Gasteiger partial charge >= 0.3 is 0 Å². The van der Waals surface area contributed by atoms with E-state index in [-0.39, 0.29) is 0 Å². The van der Waals surface area contributed by atoms with Gasteiger partial charge < -0.3 is 0 Å². The highest BCUT2D eigenvalue weighted by molar-refractivity contribution is 7.27. The van der Waals surface area contributed by atoms with Crippen molar-refractivity contribution in [2.24, 2.45) is 0 Å². The van der Waals surface area contributed by atoms with Crippen LogP contribution in [0, 0.1) is 6.92 Å². The number of rotatable bonds is 2. The van der Waals surface area contributed by atoms with Crippen molar-refractivity contribution in [2.45, 2.75) is 19.8 Å². The average molecular weight is 278 g/mol. The lowest BCUT2D eigenvalue weighted by molar-refractivity contribution is 1.07. The van der Waals surface area contributed by atoms with Crippen molar-refractivity contribution >= 4 is 25.7 Å². The van der Waals surface area contributed by atoms with E-state index in [1.807, 2.05) is 0 Å². The molecule has 100 valence electrons. The smallest absolute Gasteiger partial charge is 0.0224 e. The molecule has 0 saturated carbocycles. The zero-order valence-corrected chi connectivity index (χ0v) is 12.9. The molecule has 0 bridgehead atoms. The summed E-state index contributed by atoms with van der Waals surface area (Å²) >= 11 is 0. The highest BCUT2D eigenvalue weighted by Crippen LogP contribution is 2.31. The molecule has 1 aliphatic rings. The fourth-order valence-electron chi connectivity index (χ4n) is 2.58. The van der Waals surface area contributed by atoms with E-state index in [0.29, 0.717) is 0 Å². The van der Waals surface area contributed by atoms with Gasteiger partial charge in [0, 0.05) is 0 Å². The minimum Gasteiger partial charge on any atom is -0.106 e. The van der Waals surface area contributed by atoms with Crippen molar-refractivity contribution < 1.29 is 0 Å². The molecule has 20 heavy (non-hydrogen) atoms. The maximum atomic E-state index is 2.73. The van der Waals surface area contributed by atoms with Crippen molar-refractivity contribution in [2.75, 3.05) is 0 Å². The second-order valence-electron chi connectivity index (χ2n) is 5.37. The average Bonchev–Trinajstić information content (AvgIpc) is 2.49. The summed E-state index contributed by atoms with van der Waals surface area (Å²) in [4.78, 5) is 0. The largest absolute Gasteiger partial charge is 0.106 e. The van der Waals surface area contributed by atoms with Gasteiger partial charge in [0.1, 0.15) is 0 Å². The van der Waals surface area contributed by atoms with E-state index < -0.39 is 0 Å². The van der Waals surface area contributed by atoms with Crippen molar-refractivity contribution in [3.63, 3.8) is 0 Å². The molecular weight excluding hydrogens is 259 g/mol. The Labute approximate surface area is 123 Å². The molecule has 1 aliphatic carbocycles.